The molecule has 0 bridgehead atoms. The van der Waals surface area contributed by atoms with Gasteiger partial charge in [0.2, 0.25) is 0 Å². The molecule has 0 saturated carbocycles. The van der Waals surface area contributed by atoms with Crippen molar-refractivity contribution in [2.24, 2.45) is 0 Å². The summed E-state index contributed by atoms with van der Waals surface area (Å²) in [6, 6.07) is 18.6. The molecule has 0 atom stereocenters. The fourth-order valence-corrected chi connectivity index (χ4v) is 12.7. The molecule has 0 N–H and O–H groups in total. The Morgan fingerprint density at radius 2 is 0.380 bits per heavy atom. The van der Waals surface area contributed by atoms with Crippen LogP contribution >= 0.6 is 0 Å². The van der Waals surface area contributed by atoms with Gasteiger partial charge in [0.15, 0.2) is 94.4 Å². The SMILES string of the molecule is Cc1cccc(C)c1[S+](=O)(c1c(C)cccc1C)c1c(C)cccc1C.Fc1c(F)c(F)c([B-](c2c(F)c(F)c(F)c(F)c2F)(c2c(F)c(F)c(F)c(F)c2F)c2c(F)c(F)c(F)c(F)c2F)c(F)c1F. The van der Waals surface area contributed by atoms with E-state index in [1.807, 2.05) is 18.2 Å². The highest BCUT2D eigenvalue weighted by Gasteiger charge is 2.52. The molecule has 0 fully saturated rings. The zero-order valence-electron chi connectivity index (χ0n) is 36.6. The predicted molar refractivity (Wildman–Crippen MR) is 220 cm³/mol. The maximum absolute atomic E-state index is 15.4. The Labute approximate surface area is 389 Å². The Morgan fingerprint density at radius 3 is 0.521 bits per heavy atom. The van der Waals surface area contributed by atoms with Crippen molar-refractivity contribution in [3.05, 3.63) is 204 Å². The Hall–Kier alpha value is -6.65. The molecule has 0 amide bonds. The fraction of sp³-hybridized carbons (Fsp3) is 0.125. The van der Waals surface area contributed by atoms with Gasteiger partial charge in [-0.25, -0.2) is 87.8 Å². The molecule has 23 heteroatoms. The molecule has 0 aliphatic rings. The first-order chi connectivity index (χ1) is 33.0. The molecule has 0 spiro atoms. The van der Waals surface area contributed by atoms with E-state index in [0.29, 0.717) is 0 Å². The maximum Gasteiger partial charge on any atom is 0.200 e. The van der Waals surface area contributed by atoms with Crippen molar-refractivity contribution in [2.75, 3.05) is 0 Å². The molecule has 0 aliphatic heterocycles. The summed E-state index contributed by atoms with van der Waals surface area (Å²) < 4.78 is 309. The van der Waals surface area contributed by atoms with Gasteiger partial charge in [-0.1, -0.05) is 58.8 Å². The topological polar surface area (TPSA) is 17.1 Å². The second-order valence-corrected chi connectivity index (χ2v) is 18.4. The van der Waals surface area contributed by atoms with Crippen LogP contribution in [0.5, 0.6) is 0 Å². The van der Waals surface area contributed by atoms with Gasteiger partial charge < -0.3 is 0 Å². The zero-order valence-corrected chi connectivity index (χ0v) is 37.5. The minimum absolute atomic E-state index is 0.967. The maximum atomic E-state index is 15.4. The first kappa shape index (κ1) is 53.7. The van der Waals surface area contributed by atoms with Gasteiger partial charge >= 0.3 is 0 Å². The van der Waals surface area contributed by atoms with Crippen molar-refractivity contribution in [1.82, 2.24) is 0 Å². The van der Waals surface area contributed by atoms with E-state index < -0.39 is 154 Å². The van der Waals surface area contributed by atoms with Gasteiger partial charge in [-0.3, -0.25) is 0 Å². The third kappa shape index (κ3) is 7.94. The molecule has 0 heterocycles. The van der Waals surface area contributed by atoms with Crippen molar-refractivity contribution in [1.29, 1.82) is 0 Å². The van der Waals surface area contributed by atoms with E-state index >= 15 is 39.3 Å². The van der Waals surface area contributed by atoms with E-state index in [0.717, 1.165) is 48.1 Å². The highest BCUT2D eigenvalue weighted by atomic mass is 32.2. The van der Waals surface area contributed by atoms with E-state index in [2.05, 4.69) is 77.9 Å². The lowest BCUT2D eigenvalue weighted by molar-refractivity contribution is 0.378. The van der Waals surface area contributed by atoms with Crippen LogP contribution in [-0.4, -0.2) is 6.15 Å². The minimum atomic E-state index is -7.22. The number of hydrogen-bond donors (Lipinski definition) is 0. The first-order valence-electron chi connectivity index (χ1n) is 19.9. The average molecular weight is 1040 g/mol. The lowest BCUT2D eigenvalue weighted by Gasteiger charge is -2.44. The van der Waals surface area contributed by atoms with Crippen LogP contribution in [0.15, 0.2) is 69.3 Å². The van der Waals surface area contributed by atoms with Crippen LogP contribution < -0.4 is 21.9 Å². The number of aryl methyl sites for hydroxylation is 6. The number of hydrogen-bond acceptors (Lipinski definition) is 1. The van der Waals surface area contributed by atoms with Crippen LogP contribution in [0.3, 0.4) is 0 Å². The normalized spacial score (nSPS) is 11.9. The van der Waals surface area contributed by atoms with Gasteiger partial charge in [0, 0.05) is 33.4 Å². The molecule has 7 aromatic rings. The summed E-state index contributed by atoms with van der Waals surface area (Å²) in [7, 11) is -2.61. The molecule has 0 saturated heterocycles. The Balaban J connectivity index is 0.000000268. The van der Waals surface area contributed by atoms with Crippen LogP contribution in [-0.2, 0) is 14.1 Å². The van der Waals surface area contributed by atoms with Crippen molar-refractivity contribution in [3.8, 4) is 0 Å². The van der Waals surface area contributed by atoms with Crippen LogP contribution in [0.25, 0.3) is 0 Å². The van der Waals surface area contributed by atoms with Crippen LogP contribution in [0.1, 0.15) is 33.4 Å². The van der Waals surface area contributed by atoms with Gasteiger partial charge in [0.25, 0.3) is 0 Å². The quantitative estimate of drug-likeness (QED) is 0.0511. The zero-order chi connectivity index (χ0) is 53.4. The van der Waals surface area contributed by atoms with E-state index in [1.165, 1.54) is 0 Å². The molecule has 0 aliphatic carbocycles. The van der Waals surface area contributed by atoms with Crippen LogP contribution in [0.4, 0.5) is 87.8 Å². The Morgan fingerprint density at radius 1 is 0.254 bits per heavy atom. The van der Waals surface area contributed by atoms with Crippen molar-refractivity contribution in [3.63, 3.8) is 0 Å². The summed E-state index contributed by atoms with van der Waals surface area (Å²) in [6.07, 6.45) is -7.22. The average Bonchev–Trinajstić information content (AvgIpc) is 3.31. The summed E-state index contributed by atoms with van der Waals surface area (Å²) in [5.41, 5.74) is -7.83. The number of benzene rings is 7. The van der Waals surface area contributed by atoms with Crippen LogP contribution in [0.2, 0.25) is 0 Å². The summed E-state index contributed by atoms with van der Waals surface area (Å²) in [5, 5.41) is 0. The molecule has 7 aromatic carbocycles. The molecule has 0 unspecified atom stereocenters. The highest BCUT2D eigenvalue weighted by Crippen LogP contribution is 2.45. The van der Waals surface area contributed by atoms with E-state index in [9.17, 15) is 52.7 Å². The molecule has 7 rings (SSSR count). The summed E-state index contributed by atoms with van der Waals surface area (Å²) in [4.78, 5) is 2.90. The lowest BCUT2D eigenvalue weighted by atomic mass is 9.12. The summed E-state index contributed by atoms with van der Waals surface area (Å²) in [5.74, 6) is -71.4. The minimum Gasteiger partial charge on any atom is -0.207 e. The highest BCUT2D eigenvalue weighted by molar-refractivity contribution is 8.03. The number of halogens is 20. The van der Waals surface area contributed by atoms with Crippen molar-refractivity contribution < 1.29 is 92.0 Å². The van der Waals surface area contributed by atoms with Gasteiger partial charge in [0.05, 0.1) is 0 Å². The smallest absolute Gasteiger partial charge is 0.200 e. The Bertz CT molecular complexity index is 2860. The monoisotopic (exact) mass is 1040 g/mol. The lowest BCUT2D eigenvalue weighted by Crippen LogP contribution is -2.81. The van der Waals surface area contributed by atoms with Crippen molar-refractivity contribution >= 4 is 37.9 Å². The second kappa shape index (κ2) is 19.2. The van der Waals surface area contributed by atoms with Crippen molar-refractivity contribution in [2.45, 2.75) is 56.2 Å². The molecule has 1 nitrogen and oxygen atoms in total. The fourth-order valence-electron chi connectivity index (χ4n) is 8.94. The molecular formula is C48H27BF20OS. The largest absolute Gasteiger partial charge is 0.207 e. The number of rotatable bonds is 7. The third-order valence-corrected chi connectivity index (χ3v) is 15.5. The van der Waals surface area contributed by atoms with Crippen LogP contribution in [0, 0.1) is 158 Å². The predicted octanol–water partition coefficient (Wildman–Crippen LogP) is 12.4. The van der Waals surface area contributed by atoms with Gasteiger partial charge in [-0.15, -0.1) is 21.9 Å². The molecule has 71 heavy (non-hydrogen) atoms. The molecule has 374 valence electrons. The first-order valence-corrected chi connectivity index (χ1v) is 21.5. The molecular weight excluding hydrogens is 1020 g/mol. The third-order valence-electron chi connectivity index (χ3n) is 11.8. The Kier molecular flexibility index (Phi) is 14.5. The second-order valence-electron chi connectivity index (χ2n) is 16.0. The van der Waals surface area contributed by atoms with E-state index in [-0.39, 0.29) is 0 Å². The van der Waals surface area contributed by atoms with E-state index in [1.54, 1.807) is 0 Å². The molecule has 0 radical (unpaired) electrons. The van der Waals surface area contributed by atoms with Gasteiger partial charge in [-0.2, -0.15) is 0 Å². The van der Waals surface area contributed by atoms with E-state index in [4.69, 9.17) is 0 Å². The summed E-state index contributed by atoms with van der Waals surface area (Å²) >= 11 is 0. The van der Waals surface area contributed by atoms with Gasteiger partial charge in [0.1, 0.15) is 52.7 Å². The van der Waals surface area contributed by atoms with Gasteiger partial charge in [-0.05, 0) is 41.5 Å². The standard InChI is InChI=1S/C24BF20.C24H27OS/c26-5-1(6(27)14(35)21(42)13(5)34)25(2-7(28)15(36)22(43)16(37)8(2)29,3-9(30)17(38)23(44)18(39)10(3)31)4-11(32)19(40)24(45)20(41)12(4)33;1-16-10-7-11-17(2)22(16)26(25,23-18(3)12-8-13-19(23)4)24-20(5)14-9-15-21(24)6/h;7-15H,1-6H3/q-1;+1. The molecule has 0 aromatic heterocycles. The summed E-state index contributed by atoms with van der Waals surface area (Å²) in [6.45, 7) is 12.4.